The first-order chi connectivity index (χ1) is 7.72. The zero-order chi connectivity index (χ0) is 11.8. The van der Waals surface area contributed by atoms with Gasteiger partial charge >= 0.3 is 0 Å². The molecule has 0 aromatic rings. The highest BCUT2D eigenvalue weighted by Gasteiger charge is 2.13. The zero-order valence-corrected chi connectivity index (χ0v) is 11.1. The number of ether oxygens (including phenoxy) is 1. The molecule has 0 bridgehead atoms. The summed E-state index contributed by atoms with van der Waals surface area (Å²) in [7, 11) is 1.69. The van der Waals surface area contributed by atoms with Crippen LogP contribution in [0.15, 0.2) is 4.99 Å². The summed E-state index contributed by atoms with van der Waals surface area (Å²) in [4.78, 5) is 4.38. The maximum atomic E-state index is 5.80. The summed E-state index contributed by atoms with van der Waals surface area (Å²) in [5.74, 6) is 3.78. The van der Waals surface area contributed by atoms with E-state index in [1.807, 2.05) is 18.7 Å². The maximum Gasteiger partial charge on any atom is 0.188 e. The molecule has 1 aliphatic rings. The molecular weight excluding hydrogens is 222 g/mol. The lowest BCUT2D eigenvalue weighted by Gasteiger charge is -2.20. The lowest BCUT2D eigenvalue weighted by molar-refractivity contribution is 0.179. The number of methoxy groups -OCH3 is 1. The Balaban J connectivity index is 2.21. The predicted molar refractivity (Wildman–Crippen MR) is 71.0 cm³/mol. The molecule has 1 fully saturated rings. The molecule has 0 spiro atoms. The molecule has 2 atom stereocenters. The number of nitrogens with two attached hydrogens (primary N) is 1. The smallest absolute Gasteiger partial charge is 0.188 e. The Morgan fingerprint density at radius 1 is 1.69 bits per heavy atom. The monoisotopic (exact) mass is 245 g/mol. The second-order valence-electron chi connectivity index (χ2n) is 4.31. The van der Waals surface area contributed by atoms with E-state index in [1.54, 1.807) is 7.11 Å². The Morgan fingerprint density at radius 3 is 3.12 bits per heavy atom. The van der Waals surface area contributed by atoms with Crippen LogP contribution in [-0.2, 0) is 4.74 Å². The maximum absolute atomic E-state index is 5.80. The summed E-state index contributed by atoms with van der Waals surface area (Å²) in [6.45, 7) is 3.53. The first-order valence-corrected chi connectivity index (χ1v) is 7.01. The Labute approximate surface area is 102 Å². The van der Waals surface area contributed by atoms with Crippen molar-refractivity contribution in [1.82, 2.24) is 5.32 Å². The second-order valence-corrected chi connectivity index (χ2v) is 5.46. The van der Waals surface area contributed by atoms with Crippen LogP contribution in [0, 0.1) is 5.92 Å². The molecule has 0 aromatic carbocycles. The molecule has 1 heterocycles. The highest BCUT2D eigenvalue weighted by atomic mass is 32.2. The highest BCUT2D eigenvalue weighted by Crippen LogP contribution is 2.22. The number of hydrogen-bond donors (Lipinski definition) is 2. The van der Waals surface area contributed by atoms with Crippen LogP contribution in [0.4, 0.5) is 0 Å². The fraction of sp³-hybridized carbons (Fsp3) is 0.909. The van der Waals surface area contributed by atoms with Crippen LogP contribution in [0.25, 0.3) is 0 Å². The van der Waals surface area contributed by atoms with Crippen LogP contribution in [0.1, 0.15) is 19.8 Å². The van der Waals surface area contributed by atoms with E-state index in [1.165, 1.54) is 24.3 Å². The fourth-order valence-electron chi connectivity index (χ4n) is 1.77. The average molecular weight is 245 g/mol. The molecule has 1 aliphatic heterocycles. The van der Waals surface area contributed by atoms with E-state index in [0.717, 1.165) is 6.54 Å². The molecule has 0 radical (unpaired) electrons. The summed E-state index contributed by atoms with van der Waals surface area (Å²) in [5, 5.41) is 3.12. The molecule has 1 saturated heterocycles. The van der Waals surface area contributed by atoms with Gasteiger partial charge < -0.3 is 15.8 Å². The van der Waals surface area contributed by atoms with E-state index in [9.17, 15) is 0 Å². The van der Waals surface area contributed by atoms with Crippen LogP contribution in [0.2, 0.25) is 0 Å². The van der Waals surface area contributed by atoms with E-state index in [4.69, 9.17) is 10.5 Å². The third-order valence-corrected chi connectivity index (χ3v) is 3.87. The van der Waals surface area contributed by atoms with Crippen molar-refractivity contribution in [1.29, 1.82) is 0 Å². The van der Waals surface area contributed by atoms with Gasteiger partial charge in [0.15, 0.2) is 5.96 Å². The molecule has 0 amide bonds. The van der Waals surface area contributed by atoms with Crippen molar-refractivity contribution in [3.8, 4) is 0 Å². The van der Waals surface area contributed by atoms with Gasteiger partial charge in [0.1, 0.15) is 0 Å². The number of nitrogens with zero attached hydrogens (tertiary/aromatic N) is 1. The van der Waals surface area contributed by atoms with E-state index >= 15 is 0 Å². The first-order valence-electron chi connectivity index (χ1n) is 5.85. The summed E-state index contributed by atoms with van der Waals surface area (Å²) in [6.07, 6.45) is 2.61. The third-order valence-electron chi connectivity index (χ3n) is 2.59. The van der Waals surface area contributed by atoms with Gasteiger partial charge in [-0.05, 0) is 37.2 Å². The summed E-state index contributed by atoms with van der Waals surface area (Å²) >= 11 is 2.03. The Hall–Kier alpha value is -0.420. The van der Waals surface area contributed by atoms with Gasteiger partial charge in [0.25, 0.3) is 0 Å². The summed E-state index contributed by atoms with van der Waals surface area (Å²) < 4.78 is 5.02. The molecule has 3 N–H and O–H groups in total. The second kappa shape index (κ2) is 7.79. The number of rotatable bonds is 5. The van der Waals surface area contributed by atoms with Gasteiger partial charge in [0.2, 0.25) is 0 Å². The van der Waals surface area contributed by atoms with Crippen LogP contribution in [0.5, 0.6) is 0 Å². The van der Waals surface area contributed by atoms with Crippen LogP contribution < -0.4 is 11.1 Å². The molecule has 16 heavy (non-hydrogen) atoms. The topological polar surface area (TPSA) is 59.6 Å². The van der Waals surface area contributed by atoms with Gasteiger partial charge in [-0.3, -0.25) is 4.99 Å². The number of thioether (sulfide) groups is 1. The van der Waals surface area contributed by atoms with Gasteiger partial charge in [-0.25, -0.2) is 0 Å². The number of nitrogens with one attached hydrogen (secondary N) is 1. The number of hydrogen-bond acceptors (Lipinski definition) is 3. The molecule has 94 valence electrons. The molecule has 0 aromatic heterocycles. The Bertz CT molecular complexity index is 217. The van der Waals surface area contributed by atoms with Crippen LogP contribution in [-0.4, -0.2) is 43.8 Å². The summed E-state index contributed by atoms with van der Waals surface area (Å²) in [6, 6.07) is 0.217. The normalized spacial score (nSPS) is 24.1. The minimum absolute atomic E-state index is 0.217. The highest BCUT2D eigenvalue weighted by molar-refractivity contribution is 7.99. The first kappa shape index (κ1) is 13.6. The molecule has 0 aliphatic carbocycles. The van der Waals surface area contributed by atoms with Gasteiger partial charge in [0, 0.05) is 19.7 Å². The van der Waals surface area contributed by atoms with Crippen molar-refractivity contribution in [3.63, 3.8) is 0 Å². The molecular formula is C11H23N3OS. The predicted octanol–water partition coefficient (Wildman–Crippen LogP) is 1.07. The SMILES string of the molecule is COCC(C)NC(N)=NCC1CCCSC1. The van der Waals surface area contributed by atoms with E-state index < -0.39 is 0 Å². The van der Waals surface area contributed by atoms with Crippen molar-refractivity contribution >= 4 is 17.7 Å². The quantitative estimate of drug-likeness (QED) is 0.562. The zero-order valence-electron chi connectivity index (χ0n) is 10.2. The van der Waals surface area contributed by atoms with E-state index in [0.29, 0.717) is 18.5 Å². The van der Waals surface area contributed by atoms with Gasteiger partial charge in [-0.1, -0.05) is 0 Å². The third kappa shape index (κ3) is 5.61. The minimum atomic E-state index is 0.217. The van der Waals surface area contributed by atoms with Crippen molar-refractivity contribution in [2.75, 3.05) is 31.8 Å². The van der Waals surface area contributed by atoms with Crippen molar-refractivity contribution in [3.05, 3.63) is 0 Å². The molecule has 5 heteroatoms. The molecule has 2 unspecified atom stereocenters. The van der Waals surface area contributed by atoms with E-state index in [-0.39, 0.29) is 6.04 Å². The standard InChI is InChI=1S/C11H23N3OS/c1-9(7-15-2)14-11(12)13-6-10-4-3-5-16-8-10/h9-10H,3-8H2,1-2H3,(H3,12,13,14). The average Bonchev–Trinajstić information content (AvgIpc) is 2.28. The van der Waals surface area contributed by atoms with Crippen LogP contribution >= 0.6 is 11.8 Å². The fourth-order valence-corrected chi connectivity index (χ4v) is 2.91. The molecule has 0 saturated carbocycles. The van der Waals surface area contributed by atoms with Crippen LogP contribution in [0.3, 0.4) is 0 Å². The Morgan fingerprint density at radius 2 is 2.50 bits per heavy atom. The Kier molecular flexibility index (Phi) is 6.64. The van der Waals surface area contributed by atoms with Crippen molar-refractivity contribution < 1.29 is 4.74 Å². The van der Waals surface area contributed by atoms with Crippen molar-refractivity contribution in [2.45, 2.75) is 25.8 Å². The van der Waals surface area contributed by atoms with Gasteiger partial charge in [-0.2, -0.15) is 11.8 Å². The minimum Gasteiger partial charge on any atom is -0.383 e. The molecule has 1 rings (SSSR count). The number of aliphatic imine (C=N–C) groups is 1. The van der Waals surface area contributed by atoms with Gasteiger partial charge in [-0.15, -0.1) is 0 Å². The largest absolute Gasteiger partial charge is 0.383 e. The lowest BCUT2D eigenvalue weighted by atomic mass is 10.1. The summed E-state index contributed by atoms with van der Waals surface area (Å²) in [5.41, 5.74) is 5.80. The van der Waals surface area contributed by atoms with Crippen molar-refractivity contribution in [2.24, 2.45) is 16.6 Å². The van der Waals surface area contributed by atoms with Gasteiger partial charge in [0.05, 0.1) is 6.61 Å². The lowest BCUT2D eigenvalue weighted by Crippen LogP contribution is -2.41. The van der Waals surface area contributed by atoms with E-state index in [2.05, 4.69) is 10.3 Å². The number of guanidine groups is 1. The molecule has 4 nitrogen and oxygen atoms in total.